The zero-order valence-corrected chi connectivity index (χ0v) is 7.75. The lowest BCUT2D eigenvalue weighted by Crippen LogP contribution is -2.09. The van der Waals surface area contributed by atoms with E-state index in [-0.39, 0.29) is 18.0 Å². The Bertz CT molecular complexity index is 409. The molecule has 0 amide bonds. The number of hydrogen-bond acceptors (Lipinski definition) is 2. The Labute approximate surface area is 84.1 Å². The van der Waals surface area contributed by atoms with Crippen molar-refractivity contribution in [1.29, 1.82) is 5.26 Å². The molecule has 1 saturated carbocycles. The van der Waals surface area contributed by atoms with E-state index in [4.69, 9.17) is 5.26 Å². The van der Waals surface area contributed by atoms with Crippen molar-refractivity contribution in [3.05, 3.63) is 17.5 Å². The van der Waals surface area contributed by atoms with Crippen LogP contribution in [0.5, 0.6) is 0 Å². The maximum Gasteiger partial charge on any atom is 0.435 e. The SMILES string of the molecule is N#CCc1cn(C2CC2)nc1C(F)(F)F. The second-order valence-corrected chi connectivity index (χ2v) is 3.55. The molecule has 1 fully saturated rings. The molecule has 1 aliphatic rings. The summed E-state index contributed by atoms with van der Waals surface area (Å²) in [6.45, 7) is 0. The smallest absolute Gasteiger partial charge is 0.269 e. The average molecular weight is 215 g/mol. The van der Waals surface area contributed by atoms with Gasteiger partial charge in [0.1, 0.15) is 0 Å². The molecule has 6 heteroatoms. The van der Waals surface area contributed by atoms with Gasteiger partial charge in [-0.15, -0.1) is 0 Å². The molecular formula is C9H8F3N3. The van der Waals surface area contributed by atoms with Crippen LogP contribution in [0.2, 0.25) is 0 Å². The highest BCUT2D eigenvalue weighted by Gasteiger charge is 2.38. The molecule has 1 aliphatic carbocycles. The van der Waals surface area contributed by atoms with Crippen LogP contribution in [-0.2, 0) is 12.6 Å². The van der Waals surface area contributed by atoms with Crippen molar-refractivity contribution in [2.75, 3.05) is 0 Å². The van der Waals surface area contributed by atoms with Gasteiger partial charge in [0.2, 0.25) is 0 Å². The third-order valence-electron chi connectivity index (χ3n) is 2.27. The fourth-order valence-electron chi connectivity index (χ4n) is 1.41. The molecule has 80 valence electrons. The minimum Gasteiger partial charge on any atom is -0.269 e. The van der Waals surface area contributed by atoms with Crippen LogP contribution >= 0.6 is 0 Å². The normalized spacial score (nSPS) is 16.4. The van der Waals surface area contributed by atoms with Gasteiger partial charge in [-0.05, 0) is 12.8 Å². The first-order chi connectivity index (χ1) is 7.02. The summed E-state index contributed by atoms with van der Waals surface area (Å²) in [5.74, 6) is 0. The molecule has 0 radical (unpaired) electrons. The van der Waals surface area contributed by atoms with Crippen molar-refractivity contribution in [1.82, 2.24) is 9.78 Å². The molecule has 0 unspecified atom stereocenters. The van der Waals surface area contributed by atoms with Crippen LogP contribution in [0.4, 0.5) is 13.2 Å². The second kappa shape index (κ2) is 3.26. The lowest BCUT2D eigenvalue weighted by atomic mass is 10.2. The summed E-state index contributed by atoms with van der Waals surface area (Å²) in [5.41, 5.74) is -0.951. The predicted octanol–water partition coefficient (Wildman–Crippen LogP) is 2.30. The minimum absolute atomic E-state index is 0.0306. The van der Waals surface area contributed by atoms with Gasteiger partial charge in [0.25, 0.3) is 0 Å². The van der Waals surface area contributed by atoms with Crippen molar-refractivity contribution in [3.63, 3.8) is 0 Å². The van der Waals surface area contributed by atoms with E-state index in [0.717, 1.165) is 12.8 Å². The lowest BCUT2D eigenvalue weighted by molar-refractivity contribution is -0.142. The van der Waals surface area contributed by atoms with Crippen molar-refractivity contribution in [2.24, 2.45) is 0 Å². The summed E-state index contributed by atoms with van der Waals surface area (Å²) in [5, 5.41) is 11.9. The lowest BCUT2D eigenvalue weighted by Gasteiger charge is -2.03. The summed E-state index contributed by atoms with van der Waals surface area (Å²) in [7, 11) is 0. The van der Waals surface area contributed by atoms with E-state index in [1.807, 2.05) is 0 Å². The maximum atomic E-state index is 12.5. The highest BCUT2D eigenvalue weighted by molar-refractivity contribution is 5.23. The van der Waals surface area contributed by atoms with Crippen LogP contribution in [0.25, 0.3) is 0 Å². The van der Waals surface area contributed by atoms with Gasteiger partial charge in [-0.25, -0.2) is 0 Å². The zero-order valence-electron chi connectivity index (χ0n) is 7.75. The quantitative estimate of drug-likeness (QED) is 0.759. The molecule has 1 aromatic heterocycles. The van der Waals surface area contributed by atoms with Crippen LogP contribution in [0.15, 0.2) is 6.20 Å². The molecule has 1 heterocycles. The first kappa shape index (κ1) is 10.0. The molecule has 3 nitrogen and oxygen atoms in total. The Morgan fingerprint density at radius 3 is 2.67 bits per heavy atom. The molecule has 0 N–H and O–H groups in total. The fourth-order valence-corrected chi connectivity index (χ4v) is 1.41. The summed E-state index contributed by atoms with van der Waals surface area (Å²) < 4.78 is 38.8. The van der Waals surface area contributed by atoms with E-state index in [0.29, 0.717) is 0 Å². The highest BCUT2D eigenvalue weighted by Crippen LogP contribution is 2.37. The van der Waals surface area contributed by atoms with E-state index >= 15 is 0 Å². The largest absolute Gasteiger partial charge is 0.435 e. The molecule has 0 aliphatic heterocycles. The van der Waals surface area contributed by atoms with Crippen molar-refractivity contribution >= 4 is 0 Å². The monoisotopic (exact) mass is 215 g/mol. The van der Waals surface area contributed by atoms with Crippen LogP contribution in [0.1, 0.15) is 30.1 Å². The molecule has 0 aromatic carbocycles. The summed E-state index contributed by atoms with van der Waals surface area (Å²) in [6, 6.07) is 1.81. The molecule has 15 heavy (non-hydrogen) atoms. The van der Waals surface area contributed by atoms with Crippen molar-refractivity contribution in [2.45, 2.75) is 31.5 Å². The summed E-state index contributed by atoms with van der Waals surface area (Å²) >= 11 is 0. The standard InChI is InChI=1S/C9H8F3N3/c10-9(11,12)8-6(3-4-13)5-15(14-8)7-1-2-7/h5,7H,1-3H2. The van der Waals surface area contributed by atoms with Crippen LogP contribution in [0.3, 0.4) is 0 Å². The third-order valence-corrected chi connectivity index (χ3v) is 2.27. The van der Waals surface area contributed by atoms with E-state index in [1.165, 1.54) is 10.9 Å². The van der Waals surface area contributed by atoms with Gasteiger partial charge >= 0.3 is 6.18 Å². The Morgan fingerprint density at radius 1 is 1.53 bits per heavy atom. The Morgan fingerprint density at radius 2 is 2.20 bits per heavy atom. The van der Waals surface area contributed by atoms with E-state index < -0.39 is 11.9 Å². The topological polar surface area (TPSA) is 41.6 Å². The predicted molar refractivity (Wildman–Crippen MR) is 44.8 cm³/mol. The van der Waals surface area contributed by atoms with Gasteiger partial charge in [-0.3, -0.25) is 4.68 Å². The molecule has 1 aromatic rings. The first-order valence-corrected chi connectivity index (χ1v) is 4.54. The number of halogens is 3. The van der Waals surface area contributed by atoms with Gasteiger partial charge in [0, 0.05) is 11.8 Å². The van der Waals surface area contributed by atoms with E-state index in [9.17, 15) is 13.2 Å². The van der Waals surface area contributed by atoms with Crippen LogP contribution in [0, 0.1) is 11.3 Å². The Hall–Kier alpha value is -1.51. The number of rotatable bonds is 2. The fraction of sp³-hybridized carbons (Fsp3) is 0.556. The number of nitriles is 1. The Balaban J connectivity index is 2.37. The number of alkyl halides is 3. The summed E-state index contributed by atoms with van der Waals surface area (Å²) in [6.07, 6.45) is -1.65. The third kappa shape index (κ3) is 1.96. The number of aromatic nitrogens is 2. The second-order valence-electron chi connectivity index (χ2n) is 3.55. The van der Waals surface area contributed by atoms with Crippen LogP contribution < -0.4 is 0 Å². The zero-order chi connectivity index (χ0) is 11.1. The maximum absolute atomic E-state index is 12.5. The summed E-state index contributed by atoms with van der Waals surface area (Å²) in [4.78, 5) is 0. The molecule has 0 saturated heterocycles. The van der Waals surface area contributed by atoms with E-state index in [1.54, 1.807) is 6.07 Å². The molecular weight excluding hydrogens is 207 g/mol. The number of hydrogen-bond donors (Lipinski definition) is 0. The van der Waals surface area contributed by atoms with Crippen molar-refractivity contribution < 1.29 is 13.2 Å². The number of nitrogens with zero attached hydrogens (tertiary/aromatic N) is 3. The van der Waals surface area contributed by atoms with Gasteiger partial charge < -0.3 is 0 Å². The highest BCUT2D eigenvalue weighted by atomic mass is 19.4. The van der Waals surface area contributed by atoms with Gasteiger partial charge in [0.05, 0.1) is 18.5 Å². The average Bonchev–Trinajstić information content (AvgIpc) is 2.87. The van der Waals surface area contributed by atoms with E-state index in [2.05, 4.69) is 5.10 Å². The first-order valence-electron chi connectivity index (χ1n) is 4.54. The van der Waals surface area contributed by atoms with Gasteiger partial charge in [-0.1, -0.05) is 0 Å². The van der Waals surface area contributed by atoms with Gasteiger partial charge in [0.15, 0.2) is 5.69 Å². The molecule has 0 bridgehead atoms. The van der Waals surface area contributed by atoms with Crippen LogP contribution in [-0.4, -0.2) is 9.78 Å². The Kier molecular flexibility index (Phi) is 2.18. The molecule has 0 atom stereocenters. The van der Waals surface area contributed by atoms with Gasteiger partial charge in [-0.2, -0.15) is 23.5 Å². The molecule has 0 spiro atoms. The minimum atomic E-state index is -4.47. The molecule has 2 rings (SSSR count). The van der Waals surface area contributed by atoms with Crippen molar-refractivity contribution in [3.8, 4) is 6.07 Å².